The highest BCUT2D eigenvalue weighted by molar-refractivity contribution is 8.18. The first kappa shape index (κ1) is 24.7. The minimum absolute atomic E-state index is 0.0588. The van der Waals surface area contributed by atoms with Gasteiger partial charge in [0.05, 0.1) is 21.2 Å². The number of hydrogen-bond donors (Lipinski definition) is 1. The Labute approximate surface area is 222 Å². The van der Waals surface area contributed by atoms with E-state index in [0.717, 1.165) is 32.1 Å². The molecule has 9 heteroatoms. The van der Waals surface area contributed by atoms with Crippen LogP contribution in [0.3, 0.4) is 0 Å². The van der Waals surface area contributed by atoms with Crippen LogP contribution in [0.15, 0.2) is 68.9 Å². The second kappa shape index (κ2) is 10.5. The quantitative estimate of drug-likeness (QED) is 0.332. The predicted molar refractivity (Wildman–Crippen MR) is 144 cm³/mol. The lowest BCUT2D eigenvalue weighted by Crippen LogP contribution is -2.40. The summed E-state index contributed by atoms with van der Waals surface area (Å²) >= 11 is 13.7. The van der Waals surface area contributed by atoms with Crippen molar-refractivity contribution in [2.75, 3.05) is 0 Å². The fourth-order valence-electron chi connectivity index (χ4n) is 4.44. The fourth-order valence-corrected chi connectivity index (χ4v) is 5.86. The molecular formula is C27H22Cl2N2O4S. The monoisotopic (exact) mass is 540 g/mol. The van der Waals surface area contributed by atoms with Gasteiger partial charge in [0.25, 0.3) is 5.91 Å². The average molecular weight is 541 g/mol. The number of hydrogen-bond acceptors (Lipinski definition) is 5. The van der Waals surface area contributed by atoms with Gasteiger partial charge in [-0.25, -0.2) is 9.79 Å². The molecule has 2 aliphatic rings. The molecule has 2 fully saturated rings. The van der Waals surface area contributed by atoms with Gasteiger partial charge in [-0.3, -0.25) is 9.69 Å². The van der Waals surface area contributed by atoms with Crippen LogP contribution in [0, 0.1) is 0 Å². The van der Waals surface area contributed by atoms with Crippen LogP contribution in [0.2, 0.25) is 10.0 Å². The predicted octanol–water partition coefficient (Wildman–Crippen LogP) is 7.89. The van der Waals surface area contributed by atoms with Crippen molar-refractivity contribution in [1.29, 1.82) is 0 Å². The zero-order valence-corrected chi connectivity index (χ0v) is 21.4. The number of thioether (sulfide) groups is 1. The highest BCUT2D eigenvalue weighted by Crippen LogP contribution is 2.39. The van der Waals surface area contributed by atoms with E-state index < -0.39 is 5.97 Å². The Morgan fingerprint density at radius 1 is 1.08 bits per heavy atom. The zero-order chi connectivity index (χ0) is 25.2. The Balaban J connectivity index is 1.48. The van der Waals surface area contributed by atoms with E-state index >= 15 is 0 Å². The van der Waals surface area contributed by atoms with Gasteiger partial charge in [0, 0.05) is 22.7 Å². The second-order valence-electron chi connectivity index (χ2n) is 8.65. The Kier molecular flexibility index (Phi) is 7.23. The van der Waals surface area contributed by atoms with Gasteiger partial charge < -0.3 is 9.52 Å². The minimum Gasteiger partial charge on any atom is -0.478 e. The molecule has 0 atom stereocenters. The number of furan rings is 1. The molecule has 1 saturated heterocycles. The second-order valence-corrected chi connectivity index (χ2v) is 10.5. The number of rotatable bonds is 5. The Morgan fingerprint density at radius 2 is 1.89 bits per heavy atom. The molecule has 1 aliphatic heterocycles. The maximum atomic E-state index is 13.5. The largest absolute Gasteiger partial charge is 0.478 e. The SMILES string of the molecule is O=C(O)c1cccc(N=C2S/C(=C/c3ccc(-c4cc(Cl)ccc4Cl)o3)C(=O)N2C2CCCCC2)c1. The van der Waals surface area contributed by atoms with E-state index in [1.54, 1.807) is 53.4 Å². The number of aromatic carboxylic acids is 1. The number of carboxylic acid groups (broad SMARTS) is 1. The highest BCUT2D eigenvalue weighted by atomic mass is 35.5. The summed E-state index contributed by atoms with van der Waals surface area (Å²) in [7, 11) is 0. The van der Waals surface area contributed by atoms with Crippen molar-refractivity contribution in [2.24, 2.45) is 4.99 Å². The Bertz CT molecular complexity index is 1390. The molecule has 1 aromatic heterocycles. The van der Waals surface area contributed by atoms with Gasteiger partial charge in [0.1, 0.15) is 11.5 Å². The van der Waals surface area contributed by atoms with Crippen molar-refractivity contribution in [2.45, 2.75) is 38.1 Å². The van der Waals surface area contributed by atoms with E-state index in [-0.39, 0.29) is 17.5 Å². The number of benzene rings is 2. The van der Waals surface area contributed by atoms with Gasteiger partial charge >= 0.3 is 5.97 Å². The molecule has 3 aromatic rings. The molecule has 6 nitrogen and oxygen atoms in total. The normalized spacial score (nSPS) is 18.9. The van der Waals surface area contributed by atoms with Crippen LogP contribution in [0.25, 0.3) is 17.4 Å². The summed E-state index contributed by atoms with van der Waals surface area (Å²) in [6.07, 6.45) is 6.80. The van der Waals surface area contributed by atoms with Crippen LogP contribution in [0.1, 0.15) is 48.2 Å². The number of halogens is 2. The van der Waals surface area contributed by atoms with E-state index in [2.05, 4.69) is 0 Å². The molecular weight excluding hydrogens is 519 g/mol. The molecule has 36 heavy (non-hydrogen) atoms. The number of amidine groups is 1. The first-order chi connectivity index (χ1) is 17.4. The van der Waals surface area contributed by atoms with Gasteiger partial charge in [-0.05, 0) is 73.1 Å². The van der Waals surface area contributed by atoms with E-state index in [0.29, 0.717) is 42.9 Å². The number of carboxylic acids is 1. The first-order valence-electron chi connectivity index (χ1n) is 11.6. The zero-order valence-electron chi connectivity index (χ0n) is 19.1. The number of carbonyl (C=O) groups is 2. The van der Waals surface area contributed by atoms with Gasteiger partial charge in [-0.2, -0.15) is 0 Å². The Hall–Kier alpha value is -3.00. The van der Waals surface area contributed by atoms with Gasteiger partial charge in [-0.1, -0.05) is 48.5 Å². The van der Waals surface area contributed by atoms with Crippen molar-refractivity contribution >= 4 is 63.8 Å². The van der Waals surface area contributed by atoms with Crippen molar-refractivity contribution in [3.8, 4) is 11.3 Å². The number of aliphatic imine (C=N–C) groups is 1. The molecule has 1 aliphatic carbocycles. The van der Waals surface area contributed by atoms with Crippen molar-refractivity contribution in [3.63, 3.8) is 0 Å². The fraction of sp³-hybridized carbons (Fsp3) is 0.222. The summed E-state index contributed by atoms with van der Waals surface area (Å²) < 4.78 is 5.98. The van der Waals surface area contributed by atoms with E-state index in [4.69, 9.17) is 32.6 Å². The van der Waals surface area contributed by atoms with Gasteiger partial charge in [0.15, 0.2) is 5.17 Å². The van der Waals surface area contributed by atoms with Crippen LogP contribution in [0.5, 0.6) is 0 Å². The third kappa shape index (κ3) is 5.24. The van der Waals surface area contributed by atoms with Gasteiger partial charge in [-0.15, -0.1) is 0 Å². The van der Waals surface area contributed by atoms with Crippen LogP contribution in [-0.4, -0.2) is 33.1 Å². The summed E-state index contributed by atoms with van der Waals surface area (Å²) in [5, 5.41) is 10.9. The van der Waals surface area contributed by atoms with Crippen molar-refractivity contribution in [1.82, 2.24) is 4.90 Å². The van der Waals surface area contributed by atoms with Crippen LogP contribution in [0.4, 0.5) is 5.69 Å². The lowest BCUT2D eigenvalue weighted by molar-refractivity contribution is -0.124. The molecule has 0 radical (unpaired) electrons. The highest BCUT2D eigenvalue weighted by Gasteiger charge is 2.39. The van der Waals surface area contributed by atoms with E-state index in [9.17, 15) is 14.7 Å². The summed E-state index contributed by atoms with van der Waals surface area (Å²) in [4.78, 5) is 31.9. The van der Waals surface area contributed by atoms with Crippen molar-refractivity contribution in [3.05, 3.63) is 80.9 Å². The summed E-state index contributed by atoms with van der Waals surface area (Å²) in [6.45, 7) is 0. The molecule has 0 spiro atoms. The molecule has 2 aromatic carbocycles. The molecule has 2 heterocycles. The van der Waals surface area contributed by atoms with Crippen LogP contribution >= 0.6 is 35.0 Å². The average Bonchev–Trinajstić information content (AvgIpc) is 3.45. The third-order valence-electron chi connectivity index (χ3n) is 6.19. The summed E-state index contributed by atoms with van der Waals surface area (Å²) in [5.74, 6) is -0.0907. The molecule has 1 amide bonds. The smallest absolute Gasteiger partial charge is 0.335 e. The number of amides is 1. The van der Waals surface area contributed by atoms with Crippen molar-refractivity contribution < 1.29 is 19.1 Å². The van der Waals surface area contributed by atoms with Crippen LogP contribution in [-0.2, 0) is 4.79 Å². The molecule has 0 unspecified atom stereocenters. The molecule has 1 N–H and O–H groups in total. The third-order valence-corrected chi connectivity index (χ3v) is 7.74. The van der Waals surface area contributed by atoms with Gasteiger partial charge in [0.2, 0.25) is 0 Å². The van der Waals surface area contributed by atoms with Crippen LogP contribution < -0.4 is 0 Å². The first-order valence-corrected chi connectivity index (χ1v) is 13.2. The maximum Gasteiger partial charge on any atom is 0.335 e. The lowest BCUT2D eigenvalue weighted by atomic mass is 9.94. The minimum atomic E-state index is -1.02. The summed E-state index contributed by atoms with van der Waals surface area (Å²) in [5.41, 5.74) is 1.31. The summed E-state index contributed by atoms with van der Waals surface area (Å²) in [6, 6.07) is 15.2. The number of carbonyl (C=O) groups excluding carboxylic acids is 1. The molecule has 5 rings (SSSR count). The molecule has 0 bridgehead atoms. The van der Waals surface area contributed by atoms with E-state index in [1.165, 1.54) is 23.9 Å². The standard InChI is InChI=1S/C27H22Cl2N2O4S/c28-17-9-11-22(29)21(14-17)23-12-10-20(35-23)15-24-25(32)31(19-7-2-1-3-8-19)27(36-24)30-18-6-4-5-16(13-18)26(33)34/h4-6,9-15,19H,1-3,7-8H2,(H,33,34)/b24-15+,30-27?. The molecule has 1 saturated carbocycles. The Morgan fingerprint density at radius 3 is 2.67 bits per heavy atom. The molecule has 184 valence electrons. The maximum absolute atomic E-state index is 13.5. The topological polar surface area (TPSA) is 83.1 Å². The number of nitrogens with zero attached hydrogens (tertiary/aromatic N) is 2. The van der Waals surface area contributed by atoms with E-state index in [1.807, 2.05) is 0 Å². The lowest BCUT2D eigenvalue weighted by Gasteiger charge is -2.30.